The minimum atomic E-state index is 0.388. The van der Waals surface area contributed by atoms with Gasteiger partial charge in [0.1, 0.15) is 0 Å². The molecule has 18 heavy (non-hydrogen) atoms. The van der Waals surface area contributed by atoms with Crippen molar-refractivity contribution in [1.29, 1.82) is 0 Å². The molecule has 0 saturated heterocycles. The summed E-state index contributed by atoms with van der Waals surface area (Å²) in [6, 6.07) is 2.29. The Balaban J connectivity index is 2.21. The summed E-state index contributed by atoms with van der Waals surface area (Å²) < 4.78 is 5.25. The third-order valence-electron chi connectivity index (χ3n) is 2.47. The van der Waals surface area contributed by atoms with Crippen LogP contribution in [-0.2, 0) is 6.54 Å². The van der Waals surface area contributed by atoms with Gasteiger partial charge in [0.25, 0.3) is 5.89 Å². The minimum Gasteiger partial charge on any atom is -0.334 e. The summed E-state index contributed by atoms with van der Waals surface area (Å²) in [6.45, 7) is 8.49. The molecule has 2 aromatic rings. The Morgan fingerprint density at radius 1 is 1.28 bits per heavy atom. The highest BCUT2D eigenvalue weighted by Gasteiger charge is 2.12. The normalized spacial score (nSPS) is 11.2. The number of nitrogens with one attached hydrogen (secondary N) is 1. The third-order valence-corrected chi connectivity index (χ3v) is 2.47. The Hall–Kier alpha value is -1.82. The number of aryl methyl sites for hydroxylation is 2. The van der Waals surface area contributed by atoms with Crippen molar-refractivity contribution in [2.75, 3.05) is 0 Å². The van der Waals surface area contributed by atoms with Crippen LogP contribution in [0.25, 0.3) is 11.5 Å². The van der Waals surface area contributed by atoms with Crippen molar-refractivity contribution < 1.29 is 4.52 Å². The Morgan fingerprint density at radius 3 is 2.78 bits per heavy atom. The van der Waals surface area contributed by atoms with E-state index in [-0.39, 0.29) is 0 Å². The number of rotatable bonds is 4. The third kappa shape index (κ3) is 2.89. The number of nitrogens with zero attached hydrogens (tertiary/aromatic N) is 4. The van der Waals surface area contributed by atoms with E-state index in [0.29, 0.717) is 24.3 Å². The van der Waals surface area contributed by atoms with Crippen LogP contribution >= 0.6 is 0 Å². The Kier molecular flexibility index (Phi) is 3.66. The maximum absolute atomic E-state index is 5.25. The summed E-state index contributed by atoms with van der Waals surface area (Å²) in [5, 5.41) is 15.2. The van der Waals surface area contributed by atoms with E-state index in [2.05, 4.69) is 39.5 Å². The highest BCUT2D eigenvalue weighted by molar-refractivity contribution is 5.55. The van der Waals surface area contributed by atoms with Gasteiger partial charge in [0.2, 0.25) is 0 Å². The highest BCUT2D eigenvalue weighted by atomic mass is 16.5. The largest absolute Gasteiger partial charge is 0.334 e. The molecule has 6 heteroatoms. The van der Waals surface area contributed by atoms with Gasteiger partial charge < -0.3 is 9.84 Å². The monoisotopic (exact) mass is 247 g/mol. The van der Waals surface area contributed by atoms with E-state index < -0.39 is 0 Å². The van der Waals surface area contributed by atoms with E-state index >= 15 is 0 Å². The van der Waals surface area contributed by atoms with Gasteiger partial charge in [0.15, 0.2) is 5.82 Å². The lowest BCUT2D eigenvalue weighted by atomic mass is 10.2. The van der Waals surface area contributed by atoms with Gasteiger partial charge in [-0.3, -0.25) is 0 Å². The maximum atomic E-state index is 5.25. The van der Waals surface area contributed by atoms with Gasteiger partial charge in [-0.25, -0.2) is 0 Å². The first-order chi connectivity index (χ1) is 8.56. The van der Waals surface area contributed by atoms with Crippen molar-refractivity contribution in [3.63, 3.8) is 0 Å². The average molecular weight is 247 g/mol. The average Bonchev–Trinajstić information content (AvgIpc) is 2.78. The lowest BCUT2D eigenvalue weighted by Gasteiger charge is -2.03. The van der Waals surface area contributed by atoms with Gasteiger partial charge in [0.05, 0.1) is 23.5 Å². The van der Waals surface area contributed by atoms with Gasteiger partial charge in [-0.2, -0.15) is 15.2 Å². The first kappa shape index (κ1) is 12.6. The van der Waals surface area contributed by atoms with Crippen LogP contribution in [0.2, 0.25) is 0 Å². The van der Waals surface area contributed by atoms with Crippen molar-refractivity contribution in [2.24, 2.45) is 0 Å². The minimum absolute atomic E-state index is 0.388. The molecule has 0 aromatic carbocycles. The molecule has 96 valence electrons. The summed E-state index contributed by atoms with van der Waals surface area (Å²) in [5.41, 5.74) is 2.45. The molecule has 6 nitrogen and oxygen atoms in total. The summed E-state index contributed by atoms with van der Waals surface area (Å²) in [6.07, 6.45) is 0. The Bertz CT molecular complexity index is 535. The fraction of sp³-hybridized carbons (Fsp3) is 0.500. The van der Waals surface area contributed by atoms with Crippen LogP contribution in [0.3, 0.4) is 0 Å². The van der Waals surface area contributed by atoms with Crippen molar-refractivity contribution in [1.82, 2.24) is 25.7 Å². The number of hydrogen-bond acceptors (Lipinski definition) is 6. The smallest absolute Gasteiger partial charge is 0.259 e. The quantitative estimate of drug-likeness (QED) is 0.885. The van der Waals surface area contributed by atoms with Gasteiger partial charge >= 0.3 is 0 Å². The molecule has 0 unspecified atom stereocenters. The molecule has 0 aliphatic rings. The number of aromatic nitrogens is 4. The molecule has 2 aromatic heterocycles. The second-order valence-corrected chi connectivity index (χ2v) is 4.54. The van der Waals surface area contributed by atoms with E-state index in [9.17, 15) is 0 Å². The molecule has 0 saturated carbocycles. The van der Waals surface area contributed by atoms with E-state index in [0.717, 1.165) is 17.0 Å². The number of hydrogen-bond donors (Lipinski definition) is 1. The zero-order valence-corrected chi connectivity index (χ0v) is 11.1. The molecular formula is C12H17N5O. The van der Waals surface area contributed by atoms with E-state index in [1.807, 2.05) is 19.9 Å². The van der Waals surface area contributed by atoms with Crippen LogP contribution in [0.4, 0.5) is 0 Å². The van der Waals surface area contributed by atoms with Crippen LogP contribution in [0.15, 0.2) is 10.6 Å². The summed E-state index contributed by atoms with van der Waals surface area (Å²) in [5.74, 6) is 1.14. The molecular weight excluding hydrogens is 230 g/mol. The van der Waals surface area contributed by atoms with Gasteiger partial charge in [-0.1, -0.05) is 19.0 Å². The lowest BCUT2D eigenvalue weighted by Crippen LogP contribution is -2.22. The fourth-order valence-electron chi connectivity index (χ4n) is 1.50. The lowest BCUT2D eigenvalue weighted by molar-refractivity contribution is 0.416. The van der Waals surface area contributed by atoms with E-state index in [1.54, 1.807) is 0 Å². The molecule has 0 atom stereocenters. The van der Waals surface area contributed by atoms with E-state index in [1.165, 1.54) is 0 Å². The summed E-state index contributed by atoms with van der Waals surface area (Å²) in [7, 11) is 0. The van der Waals surface area contributed by atoms with Crippen LogP contribution in [0.5, 0.6) is 0 Å². The predicted octanol–water partition coefficient (Wildman–Crippen LogP) is 1.64. The van der Waals surface area contributed by atoms with Crippen LogP contribution in [-0.4, -0.2) is 26.4 Å². The molecule has 2 rings (SSSR count). The molecule has 0 aliphatic heterocycles. The Labute approximate surface area is 106 Å². The van der Waals surface area contributed by atoms with Crippen molar-refractivity contribution in [2.45, 2.75) is 40.3 Å². The SMILES string of the molecule is Cc1cc(-c2nc(CNC(C)C)no2)c(C)nn1. The summed E-state index contributed by atoms with van der Waals surface area (Å²) in [4.78, 5) is 4.35. The molecule has 0 radical (unpaired) electrons. The Morgan fingerprint density at radius 2 is 2.06 bits per heavy atom. The van der Waals surface area contributed by atoms with Crippen molar-refractivity contribution in [3.05, 3.63) is 23.3 Å². The second kappa shape index (κ2) is 5.22. The zero-order chi connectivity index (χ0) is 13.1. The fourth-order valence-corrected chi connectivity index (χ4v) is 1.50. The van der Waals surface area contributed by atoms with Gasteiger partial charge in [0, 0.05) is 6.04 Å². The molecule has 0 amide bonds. The highest BCUT2D eigenvalue weighted by Crippen LogP contribution is 2.19. The van der Waals surface area contributed by atoms with Gasteiger partial charge in [-0.05, 0) is 19.9 Å². The molecule has 0 fully saturated rings. The topological polar surface area (TPSA) is 76.7 Å². The summed E-state index contributed by atoms with van der Waals surface area (Å²) >= 11 is 0. The van der Waals surface area contributed by atoms with Crippen LogP contribution < -0.4 is 5.32 Å². The van der Waals surface area contributed by atoms with Crippen molar-refractivity contribution >= 4 is 0 Å². The first-order valence-corrected chi connectivity index (χ1v) is 5.93. The zero-order valence-electron chi connectivity index (χ0n) is 11.1. The first-order valence-electron chi connectivity index (χ1n) is 5.93. The predicted molar refractivity (Wildman–Crippen MR) is 66.8 cm³/mol. The maximum Gasteiger partial charge on any atom is 0.259 e. The standard InChI is InChI=1S/C12H17N5O/c1-7(2)13-6-11-14-12(18-17-11)10-5-8(3)15-16-9(10)4/h5,7,13H,6H2,1-4H3. The molecule has 0 aliphatic carbocycles. The van der Waals surface area contributed by atoms with Crippen LogP contribution in [0.1, 0.15) is 31.1 Å². The molecule has 0 spiro atoms. The molecule has 1 N–H and O–H groups in total. The second-order valence-electron chi connectivity index (χ2n) is 4.54. The van der Waals surface area contributed by atoms with Crippen LogP contribution in [0, 0.1) is 13.8 Å². The van der Waals surface area contributed by atoms with Gasteiger partial charge in [-0.15, -0.1) is 0 Å². The van der Waals surface area contributed by atoms with E-state index in [4.69, 9.17) is 4.52 Å². The molecule has 0 bridgehead atoms. The molecule has 2 heterocycles. The van der Waals surface area contributed by atoms with Crippen molar-refractivity contribution in [3.8, 4) is 11.5 Å².